The molecule has 17 heavy (non-hydrogen) atoms. The summed E-state index contributed by atoms with van der Waals surface area (Å²) in [5.74, 6) is 0. The highest BCUT2D eigenvalue weighted by molar-refractivity contribution is 6.31. The van der Waals surface area contributed by atoms with Crippen LogP contribution in [0.2, 0.25) is 5.02 Å². The highest BCUT2D eigenvalue weighted by atomic mass is 35.5. The van der Waals surface area contributed by atoms with Crippen LogP contribution in [0.3, 0.4) is 0 Å². The second-order valence-corrected chi connectivity index (χ2v) is 4.42. The van der Waals surface area contributed by atoms with Gasteiger partial charge in [-0.3, -0.25) is 4.98 Å². The van der Waals surface area contributed by atoms with Crippen LogP contribution in [0, 0.1) is 0 Å². The minimum atomic E-state index is 0.208. The van der Waals surface area contributed by atoms with Gasteiger partial charge in [0.2, 0.25) is 0 Å². The number of nitrogens with zero attached hydrogens (tertiary/aromatic N) is 1. The van der Waals surface area contributed by atoms with E-state index in [2.05, 4.69) is 24.1 Å². The van der Waals surface area contributed by atoms with Crippen LogP contribution in [0.15, 0.2) is 18.5 Å². The molecule has 0 aliphatic rings. The maximum Gasteiger partial charge on any atom is 0.0724 e. The van der Waals surface area contributed by atoms with Gasteiger partial charge in [-0.05, 0) is 31.0 Å². The van der Waals surface area contributed by atoms with Crippen molar-refractivity contribution in [2.24, 2.45) is 0 Å². The van der Waals surface area contributed by atoms with Crippen molar-refractivity contribution in [3.05, 3.63) is 29.0 Å². The predicted octanol–water partition coefficient (Wildman–Crippen LogP) is 2.68. The second-order valence-electron chi connectivity index (χ2n) is 4.02. The van der Waals surface area contributed by atoms with Crippen molar-refractivity contribution in [1.29, 1.82) is 0 Å². The topological polar surface area (TPSA) is 34.2 Å². The highest BCUT2D eigenvalue weighted by Gasteiger charge is 2.19. The molecule has 1 rings (SSSR count). The van der Waals surface area contributed by atoms with Gasteiger partial charge in [-0.25, -0.2) is 0 Å². The molecule has 0 saturated heterocycles. The van der Waals surface area contributed by atoms with E-state index < -0.39 is 0 Å². The van der Waals surface area contributed by atoms with Crippen molar-refractivity contribution in [3.8, 4) is 0 Å². The third-order valence-electron chi connectivity index (χ3n) is 2.92. The summed E-state index contributed by atoms with van der Waals surface area (Å²) < 4.78 is 5.51. The van der Waals surface area contributed by atoms with E-state index in [1.807, 2.05) is 6.07 Å². The van der Waals surface area contributed by atoms with Gasteiger partial charge < -0.3 is 10.1 Å². The molecule has 4 heteroatoms. The van der Waals surface area contributed by atoms with Crippen molar-refractivity contribution in [2.45, 2.75) is 38.8 Å². The van der Waals surface area contributed by atoms with E-state index in [-0.39, 0.29) is 12.1 Å². The number of hydrogen-bond acceptors (Lipinski definition) is 3. The Balaban J connectivity index is 2.75. The van der Waals surface area contributed by atoms with Gasteiger partial charge >= 0.3 is 0 Å². The van der Waals surface area contributed by atoms with Crippen molar-refractivity contribution < 1.29 is 4.74 Å². The molecule has 1 aromatic rings. The molecule has 3 nitrogen and oxygen atoms in total. The molecule has 0 aliphatic carbocycles. The van der Waals surface area contributed by atoms with Gasteiger partial charge in [0, 0.05) is 25.5 Å². The van der Waals surface area contributed by atoms with E-state index in [9.17, 15) is 0 Å². The first-order valence-corrected chi connectivity index (χ1v) is 6.45. The quantitative estimate of drug-likeness (QED) is 0.815. The van der Waals surface area contributed by atoms with Gasteiger partial charge in [-0.2, -0.15) is 0 Å². The zero-order chi connectivity index (χ0) is 12.7. The second kappa shape index (κ2) is 7.64. The summed E-state index contributed by atoms with van der Waals surface area (Å²) >= 11 is 6.13. The molecule has 1 aromatic heterocycles. The third kappa shape index (κ3) is 4.26. The number of pyridine rings is 1. The van der Waals surface area contributed by atoms with Crippen molar-refractivity contribution in [2.75, 3.05) is 13.7 Å². The molecule has 96 valence electrons. The van der Waals surface area contributed by atoms with Crippen LogP contribution >= 0.6 is 11.6 Å². The lowest BCUT2D eigenvalue weighted by Gasteiger charge is -2.26. The van der Waals surface area contributed by atoms with Gasteiger partial charge in [0.05, 0.1) is 11.1 Å². The van der Waals surface area contributed by atoms with Crippen LogP contribution in [0.25, 0.3) is 0 Å². The fourth-order valence-corrected chi connectivity index (χ4v) is 2.22. The first-order valence-electron chi connectivity index (χ1n) is 6.07. The summed E-state index contributed by atoms with van der Waals surface area (Å²) in [5.41, 5.74) is 1.11. The van der Waals surface area contributed by atoms with E-state index in [1.165, 1.54) is 0 Å². The minimum Gasteiger partial charge on any atom is -0.380 e. The van der Waals surface area contributed by atoms with Crippen LogP contribution in [0.4, 0.5) is 0 Å². The Hall–Kier alpha value is -0.640. The van der Waals surface area contributed by atoms with Gasteiger partial charge in [-0.15, -0.1) is 0 Å². The molecule has 2 unspecified atom stereocenters. The average molecular weight is 257 g/mol. The van der Waals surface area contributed by atoms with Crippen LogP contribution in [0.1, 0.15) is 25.8 Å². The van der Waals surface area contributed by atoms with Crippen LogP contribution in [0.5, 0.6) is 0 Å². The van der Waals surface area contributed by atoms with E-state index in [0.717, 1.165) is 30.0 Å². The van der Waals surface area contributed by atoms with Gasteiger partial charge in [0.25, 0.3) is 0 Å². The Morgan fingerprint density at radius 3 is 2.76 bits per heavy atom. The fraction of sp³-hybridized carbons (Fsp3) is 0.615. The first kappa shape index (κ1) is 14.4. The molecule has 0 saturated carbocycles. The number of ether oxygens (including phenoxy) is 1. The molecule has 0 aliphatic heterocycles. The molecule has 0 spiro atoms. The maximum absolute atomic E-state index is 6.13. The van der Waals surface area contributed by atoms with Crippen molar-refractivity contribution in [3.63, 3.8) is 0 Å². The summed E-state index contributed by atoms with van der Waals surface area (Å²) in [5, 5.41) is 4.18. The molecule has 0 aromatic carbocycles. The van der Waals surface area contributed by atoms with Crippen LogP contribution in [-0.2, 0) is 11.2 Å². The lowest BCUT2D eigenvalue weighted by Crippen LogP contribution is -2.42. The monoisotopic (exact) mass is 256 g/mol. The standard InChI is InChI=1S/C13H21ClN2O/c1-4-13(17-3)12(16-5-2)8-10-6-7-15-9-11(10)14/h6-7,9,12-13,16H,4-5,8H2,1-3H3. The Labute approximate surface area is 109 Å². The molecule has 1 heterocycles. The number of aromatic nitrogens is 1. The summed E-state index contributed by atoms with van der Waals surface area (Å²) in [6.45, 7) is 5.16. The SMILES string of the molecule is CCNC(Cc1ccncc1Cl)C(CC)OC. The lowest BCUT2D eigenvalue weighted by atomic mass is 10.00. The summed E-state index contributed by atoms with van der Waals surface area (Å²) in [6, 6.07) is 2.25. The molecule has 1 N–H and O–H groups in total. The van der Waals surface area contributed by atoms with Crippen molar-refractivity contribution in [1.82, 2.24) is 10.3 Å². The van der Waals surface area contributed by atoms with E-state index in [0.29, 0.717) is 0 Å². The summed E-state index contributed by atoms with van der Waals surface area (Å²) in [6.07, 6.45) is 5.52. The van der Waals surface area contributed by atoms with E-state index in [1.54, 1.807) is 19.5 Å². The zero-order valence-corrected chi connectivity index (χ0v) is 11.5. The summed E-state index contributed by atoms with van der Waals surface area (Å²) in [7, 11) is 1.76. The Kier molecular flexibility index (Phi) is 6.48. The Bertz CT molecular complexity index is 329. The molecular formula is C13H21ClN2O. The Morgan fingerprint density at radius 2 is 2.24 bits per heavy atom. The number of rotatable bonds is 7. The number of hydrogen-bond donors (Lipinski definition) is 1. The zero-order valence-electron chi connectivity index (χ0n) is 10.7. The van der Waals surface area contributed by atoms with Gasteiger partial charge in [0.15, 0.2) is 0 Å². The molecule has 0 amide bonds. The smallest absolute Gasteiger partial charge is 0.0724 e. The summed E-state index contributed by atoms with van der Waals surface area (Å²) in [4.78, 5) is 4.00. The molecule has 0 radical (unpaired) electrons. The number of methoxy groups -OCH3 is 1. The highest BCUT2D eigenvalue weighted by Crippen LogP contribution is 2.18. The Morgan fingerprint density at radius 1 is 1.47 bits per heavy atom. The minimum absolute atomic E-state index is 0.208. The third-order valence-corrected chi connectivity index (χ3v) is 3.26. The first-order chi connectivity index (χ1) is 8.22. The predicted molar refractivity (Wildman–Crippen MR) is 71.5 cm³/mol. The van der Waals surface area contributed by atoms with Gasteiger partial charge in [0.1, 0.15) is 0 Å². The number of halogens is 1. The average Bonchev–Trinajstić information content (AvgIpc) is 2.34. The van der Waals surface area contributed by atoms with Crippen LogP contribution in [-0.4, -0.2) is 30.8 Å². The molecule has 2 atom stereocenters. The van der Waals surface area contributed by atoms with Crippen LogP contribution < -0.4 is 5.32 Å². The van der Waals surface area contributed by atoms with Crippen molar-refractivity contribution >= 4 is 11.6 Å². The van der Waals surface area contributed by atoms with E-state index in [4.69, 9.17) is 16.3 Å². The molecule has 0 fully saturated rings. The maximum atomic E-state index is 6.13. The van der Waals surface area contributed by atoms with Gasteiger partial charge in [-0.1, -0.05) is 25.4 Å². The lowest BCUT2D eigenvalue weighted by molar-refractivity contribution is 0.0658. The number of likely N-dealkylation sites (N-methyl/N-ethyl adjacent to an activating group) is 1. The normalized spacial score (nSPS) is 14.6. The molecular weight excluding hydrogens is 236 g/mol. The van der Waals surface area contributed by atoms with E-state index >= 15 is 0 Å². The fourth-order valence-electron chi connectivity index (χ4n) is 2.02. The molecule has 0 bridgehead atoms. The largest absolute Gasteiger partial charge is 0.380 e. The number of nitrogens with one attached hydrogen (secondary N) is 1.